The Balaban J connectivity index is 1.51. The molecule has 0 radical (unpaired) electrons. The third kappa shape index (κ3) is 15.9. The monoisotopic (exact) mass is 647 g/mol. The van der Waals surface area contributed by atoms with Crippen molar-refractivity contribution in [2.24, 2.45) is 4.99 Å². The van der Waals surface area contributed by atoms with E-state index in [9.17, 15) is 9.90 Å². The number of nitrogens with zero attached hydrogens (tertiary/aromatic N) is 5. The summed E-state index contributed by atoms with van der Waals surface area (Å²) in [6.07, 6.45) is 1.79. The first-order valence-corrected chi connectivity index (χ1v) is 15.6. The Bertz CT molecular complexity index is 1110. The fourth-order valence-corrected chi connectivity index (χ4v) is 4.62. The Morgan fingerprint density at radius 1 is 0.889 bits per heavy atom. The predicted molar refractivity (Wildman–Crippen MR) is 170 cm³/mol. The molecule has 0 bridgehead atoms. The SMILES string of the molecule is O=C(O)c1cccc(CN2CCOCCOCCN(C(COCCOCCN=C=S)c3ccccn3)CCOCCOCC2)n1. The zero-order valence-corrected chi connectivity index (χ0v) is 26.6. The van der Waals surface area contributed by atoms with Gasteiger partial charge in [-0.15, -0.1) is 0 Å². The number of carbonyl (C=O) groups is 1. The first kappa shape index (κ1) is 36.7. The number of thiocarbonyl (C=S) groups is 1. The molecule has 1 fully saturated rings. The van der Waals surface area contributed by atoms with Gasteiger partial charge in [0, 0.05) is 38.9 Å². The van der Waals surface area contributed by atoms with Crippen LogP contribution in [0.15, 0.2) is 47.6 Å². The zero-order chi connectivity index (χ0) is 31.8. The number of carboxylic acid groups (broad SMARTS) is 1. The fourth-order valence-electron chi connectivity index (χ4n) is 4.53. The van der Waals surface area contributed by atoms with Crippen molar-refractivity contribution in [2.75, 3.05) is 112 Å². The van der Waals surface area contributed by atoms with Crippen LogP contribution in [0.4, 0.5) is 0 Å². The lowest BCUT2D eigenvalue weighted by Gasteiger charge is -2.31. The molecule has 14 heteroatoms. The molecule has 0 amide bonds. The normalized spacial score (nSPS) is 17.9. The topological polar surface area (TPSA) is 137 Å². The summed E-state index contributed by atoms with van der Waals surface area (Å²) in [5.74, 6) is -1.04. The van der Waals surface area contributed by atoms with Gasteiger partial charge in [-0.2, -0.15) is 0 Å². The summed E-state index contributed by atoms with van der Waals surface area (Å²) < 4.78 is 35.1. The maximum absolute atomic E-state index is 11.3. The highest BCUT2D eigenvalue weighted by Gasteiger charge is 2.22. The number of pyridine rings is 2. The average Bonchev–Trinajstić information content (AvgIpc) is 3.05. The van der Waals surface area contributed by atoms with Crippen molar-refractivity contribution in [1.29, 1.82) is 0 Å². The lowest BCUT2D eigenvalue weighted by Crippen LogP contribution is -2.38. The largest absolute Gasteiger partial charge is 0.477 e. The van der Waals surface area contributed by atoms with Gasteiger partial charge in [-0.3, -0.25) is 14.8 Å². The minimum atomic E-state index is -1.04. The van der Waals surface area contributed by atoms with Crippen LogP contribution in [0.3, 0.4) is 0 Å². The second-order valence-electron chi connectivity index (χ2n) is 10.0. The minimum Gasteiger partial charge on any atom is -0.477 e. The van der Waals surface area contributed by atoms with E-state index in [1.807, 2.05) is 24.3 Å². The molecule has 1 unspecified atom stereocenters. The Hall–Kier alpha value is -2.75. The van der Waals surface area contributed by atoms with Crippen LogP contribution in [0.2, 0.25) is 0 Å². The van der Waals surface area contributed by atoms with Crippen LogP contribution in [-0.2, 0) is 35.0 Å². The van der Waals surface area contributed by atoms with Crippen molar-refractivity contribution in [3.63, 3.8) is 0 Å². The maximum atomic E-state index is 11.3. The number of aliphatic imine (C=N–C) groups is 1. The van der Waals surface area contributed by atoms with E-state index in [1.54, 1.807) is 12.3 Å². The molecule has 2 aromatic heterocycles. The second kappa shape index (κ2) is 23.6. The highest BCUT2D eigenvalue weighted by molar-refractivity contribution is 7.78. The summed E-state index contributed by atoms with van der Waals surface area (Å²) in [7, 11) is 0. The molecule has 1 N–H and O–H groups in total. The van der Waals surface area contributed by atoms with Crippen molar-refractivity contribution >= 4 is 23.3 Å². The molecule has 2 aromatic rings. The van der Waals surface area contributed by atoms with Gasteiger partial charge in [-0.25, -0.2) is 14.8 Å². The summed E-state index contributed by atoms with van der Waals surface area (Å²) in [5, 5.41) is 11.6. The number of rotatable bonds is 13. The molecule has 1 aliphatic heterocycles. The molecule has 1 aliphatic rings. The van der Waals surface area contributed by atoms with Gasteiger partial charge in [0.05, 0.1) is 108 Å². The lowest BCUT2D eigenvalue weighted by atomic mass is 10.1. The number of ether oxygens (including phenoxy) is 6. The maximum Gasteiger partial charge on any atom is 0.354 e. The van der Waals surface area contributed by atoms with Crippen LogP contribution >= 0.6 is 12.2 Å². The molecular weight excluding hydrogens is 602 g/mol. The van der Waals surface area contributed by atoms with Gasteiger partial charge in [-0.1, -0.05) is 12.1 Å². The molecule has 0 aromatic carbocycles. The summed E-state index contributed by atoms with van der Waals surface area (Å²) in [6.45, 7) is 9.29. The third-order valence-corrected chi connectivity index (χ3v) is 6.96. The van der Waals surface area contributed by atoms with Gasteiger partial charge in [0.2, 0.25) is 0 Å². The van der Waals surface area contributed by atoms with Crippen molar-refractivity contribution < 1.29 is 38.3 Å². The molecule has 0 saturated carbocycles. The molecule has 1 saturated heterocycles. The number of carboxylic acids is 1. The summed E-state index contributed by atoms with van der Waals surface area (Å²) >= 11 is 4.57. The molecule has 13 nitrogen and oxygen atoms in total. The Labute approximate surface area is 270 Å². The molecule has 0 aliphatic carbocycles. The number of hydrogen-bond donors (Lipinski definition) is 1. The zero-order valence-electron chi connectivity index (χ0n) is 25.8. The van der Waals surface area contributed by atoms with Gasteiger partial charge in [0.25, 0.3) is 0 Å². The predicted octanol–water partition coefficient (Wildman–Crippen LogP) is 2.24. The first-order chi connectivity index (χ1) is 22.2. The van der Waals surface area contributed by atoms with E-state index in [4.69, 9.17) is 28.4 Å². The van der Waals surface area contributed by atoms with Crippen LogP contribution < -0.4 is 0 Å². The number of isothiocyanates is 1. The van der Waals surface area contributed by atoms with E-state index in [0.29, 0.717) is 124 Å². The third-order valence-electron chi connectivity index (χ3n) is 6.83. The van der Waals surface area contributed by atoms with Crippen LogP contribution in [-0.4, -0.2) is 148 Å². The molecule has 3 rings (SSSR count). The van der Waals surface area contributed by atoms with Gasteiger partial charge < -0.3 is 33.5 Å². The first-order valence-electron chi connectivity index (χ1n) is 15.2. The van der Waals surface area contributed by atoms with Crippen molar-refractivity contribution in [3.8, 4) is 0 Å². The quantitative estimate of drug-likeness (QED) is 0.193. The van der Waals surface area contributed by atoms with Crippen LogP contribution in [0.5, 0.6) is 0 Å². The Kier molecular flexibility index (Phi) is 19.2. The van der Waals surface area contributed by atoms with Crippen molar-refractivity contribution in [2.45, 2.75) is 12.6 Å². The Morgan fingerprint density at radius 3 is 2.18 bits per heavy atom. The summed E-state index contributed by atoms with van der Waals surface area (Å²) in [6, 6.07) is 10.8. The number of aromatic nitrogens is 2. The second-order valence-corrected chi connectivity index (χ2v) is 10.2. The van der Waals surface area contributed by atoms with Crippen molar-refractivity contribution in [3.05, 3.63) is 59.7 Å². The molecule has 0 spiro atoms. The van der Waals surface area contributed by atoms with Gasteiger partial charge in [0.15, 0.2) is 0 Å². The number of aromatic carboxylic acids is 1. The molecule has 3 heterocycles. The fraction of sp³-hybridized carbons (Fsp3) is 0.613. The highest BCUT2D eigenvalue weighted by Crippen LogP contribution is 2.19. The van der Waals surface area contributed by atoms with E-state index < -0.39 is 5.97 Å². The van der Waals surface area contributed by atoms with Gasteiger partial charge in [-0.05, 0) is 36.5 Å². The van der Waals surface area contributed by atoms with Gasteiger partial charge in [0.1, 0.15) is 5.69 Å². The van der Waals surface area contributed by atoms with E-state index >= 15 is 0 Å². The summed E-state index contributed by atoms with van der Waals surface area (Å²) in [4.78, 5) is 28.4. The van der Waals surface area contributed by atoms with Crippen molar-refractivity contribution in [1.82, 2.24) is 19.8 Å². The minimum absolute atomic E-state index is 0.0306. The molecule has 1 atom stereocenters. The molecule has 45 heavy (non-hydrogen) atoms. The highest BCUT2D eigenvalue weighted by atomic mass is 32.1. The van der Waals surface area contributed by atoms with Crippen LogP contribution in [0.1, 0.15) is 27.9 Å². The Morgan fingerprint density at radius 2 is 1.56 bits per heavy atom. The van der Waals surface area contributed by atoms with E-state index in [-0.39, 0.29) is 11.7 Å². The van der Waals surface area contributed by atoms with E-state index in [0.717, 1.165) is 5.69 Å². The molecular formula is C31H45N5O8S. The van der Waals surface area contributed by atoms with Crippen LogP contribution in [0.25, 0.3) is 0 Å². The average molecular weight is 648 g/mol. The number of hydrogen-bond acceptors (Lipinski definition) is 13. The van der Waals surface area contributed by atoms with E-state index in [2.05, 4.69) is 42.1 Å². The van der Waals surface area contributed by atoms with Crippen LogP contribution in [0, 0.1) is 0 Å². The molecule has 248 valence electrons. The lowest BCUT2D eigenvalue weighted by molar-refractivity contribution is -0.0161. The van der Waals surface area contributed by atoms with E-state index in [1.165, 1.54) is 6.07 Å². The smallest absolute Gasteiger partial charge is 0.354 e. The standard InChI is InChI=1S/C31H45N5O8S/c37-31(38)29-6-3-4-27(34-29)24-35-9-14-40-18-20-42-16-11-36(12-17-43-21-19-41-15-10-35)30(28-5-1-2-7-33-28)25-44-23-22-39-13-8-32-26-45/h1-7,30H,8-25H2,(H,37,38). The summed E-state index contributed by atoms with van der Waals surface area (Å²) in [5.41, 5.74) is 1.63. The van der Waals surface area contributed by atoms with Gasteiger partial charge >= 0.3 is 5.97 Å².